The molecule has 0 spiro atoms. The fraction of sp³-hybridized carbons (Fsp3) is 0.294. The quantitative estimate of drug-likeness (QED) is 0.878. The minimum Gasteiger partial charge on any atom is -0.341 e. The van der Waals surface area contributed by atoms with E-state index in [1.165, 1.54) is 22.5 Å². The Kier molecular flexibility index (Phi) is 5.21. The molecule has 0 bridgehead atoms. The van der Waals surface area contributed by atoms with Crippen LogP contribution in [-0.4, -0.2) is 13.1 Å². The lowest BCUT2D eigenvalue weighted by atomic mass is 10.1. The molecule has 0 aromatic heterocycles. The largest absolute Gasteiger partial charge is 0.341 e. The summed E-state index contributed by atoms with van der Waals surface area (Å²) >= 11 is 3.69. The lowest BCUT2D eigenvalue weighted by molar-refractivity contribution is 0.963. The number of nitrogens with two attached hydrogens (primary N) is 1. The first kappa shape index (κ1) is 15.1. The topological polar surface area (TPSA) is 29.3 Å². The zero-order valence-corrected chi connectivity index (χ0v) is 13.7. The summed E-state index contributed by atoms with van der Waals surface area (Å²) in [4.78, 5) is 2.30. The molecule has 0 aliphatic rings. The van der Waals surface area contributed by atoms with Gasteiger partial charge in [-0.1, -0.05) is 23.8 Å². The molecule has 2 rings (SSSR count). The first-order valence-electron chi connectivity index (χ1n) is 6.98. The van der Waals surface area contributed by atoms with E-state index in [1.54, 1.807) is 0 Å². The summed E-state index contributed by atoms with van der Waals surface area (Å²) in [5, 5.41) is 0. The number of halogens is 1. The van der Waals surface area contributed by atoms with Gasteiger partial charge in [0.15, 0.2) is 0 Å². The van der Waals surface area contributed by atoms with E-state index in [9.17, 15) is 0 Å². The number of hydrogen-bond donors (Lipinski definition) is 1. The zero-order valence-electron chi connectivity index (χ0n) is 12.1. The first-order chi connectivity index (χ1) is 9.65. The van der Waals surface area contributed by atoms with Gasteiger partial charge in [-0.3, -0.25) is 0 Å². The van der Waals surface area contributed by atoms with Crippen LogP contribution in [0.5, 0.6) is 0 Å². The Morgan fingerprint density at radius 2 is 1.80 bits per heavy atom. The standard InChI is InChI=1S/C17H21BrN2/c1-3-20(15-7-4-13(2)5-8-15)17-9-6-14(10-11-19)12-16(17)18/h4-9,12H,3,10-11,19H2,1-2H3. The summed E-state index contributed by atoms with van der Waals surface area (Å²) in [6.45, 7) is 5.89. The monoisotopic (exact) mass is 332 g/mol. The molecule has 20 heavy (non-hydrogen) atoms. The molecule has 0 aliphatic carbocycles. The number of rotatable bonds is 5. The predicted octanol–water partition coefficient (Wildman–Crippen LogP) is 4.42. The van der Waals surface area contributed by atoms with Crippen molar-refractivity contribution in [1.82, 2.24) is 0 Å². The highest BCUT2D eigenvalue weighted by Gasteiger charge is 2.11. The van der Waals surface area contributed by atoms with Gasteiger partial charge in [-0.05, 0) is 72.6 Å². The van der Waals surface area contributed by atoms with Crippen LogP contribution < -0.4 is 10.6 Å². The minimum absolute atomic E-state index is 0.682. The van der Waals surface area contributed by atoms with Crippen molar-refractivity contribution in [3.05, 3.63) is 58.1 Å². The third kappa shape index (κ3) is 3.41. The van der Waals surface area contributed by atoms with Gasteiger partial charge in [-0.25, -0.2) is 0 Å². The molecule has 0 saturated heterocycles. The molecule has 0 heterocycles. The van der Waals surface area contributed by atoms with Gasteiger partial charge < -0.3 is 10.6 Å². The molecule has 3 heteroatoms. The summed E-state index contributed by atoms with van der Waals surface area (Å²) in [5.41, 5.74) is 10.6. The van der Waals surface area contributed by atoms with E-state index < -0.39 is 0 Å². The van der Waals surface area contributed by atoms with Crippen LogP contribution in [0.15, 0.2) is 46.9 Å². The van der Waals surface area contributed by atoms with Crippen LogP contribution >= 0.6 is 15.9 Å². The van der Waals surface area contributed by atoms with Gasteiger partial charge in [0.25, 0.3) is 0 Å². The fourth-order valence-corrected chi connectivity index (χ4v) is 2.95. The highest BCUT2D eigenvalue weighted by Crippen LogP contribution is 2.32. The summed E-state index contributed by atoms with van der Waals surface area (Å²) in [6, 6.07) is 15.1. The summed E-state index contributed by atoms with van der Waals surface area (Å²) < 4.78 is 1.12. The van der Waals surface area contributed by atoms with E-state index in [-0.39, 0.29) is 0 Å². The molecule has 0 fully saturated rings. The molecular weight excluding hydrogens is 312 g/mol. The van der Waals surface area contributed by atoms with E-state index >= 15 is 0 Å². The summed E-state index contributed by atoms with van der Waals surface area (Å²) in [5.74, 6) is 0. The van der Waals surface area contributed by atoms with Gasteiger partial charge in [-0.2, -0.15) is 0 Å². The third-order valence-corrected chi connectivity index (χ3v) is 4.03. The van der Waals surface area contributed by atoms with Crippen LogP contribution in [0.25, 0.3) is 0 Å². The SMILES string of the molecule is CCN(c1ccc(C)cc1)c1ccc(CCN)cc1Br. The molecule has 106 valence electrons. The number of aryl methyl sites for hydroxylation is 1. The molecule has 0 saturated carbocycles. The molecule has 0 radical (unpaired) electrons. The first-order valence-corrected chi connectivity index (χ1v) is 7.77. The number of anilines is 2. The molecule has 2 aromatic rings. The maximum absolute atomic E-state index is 5.61. The van der Waals surface area contributed by atoms with Crippen LogP contribution in [0, 0.1) is 6.92 Å². The molecule has 0 aliphatic heterocycles. The van der Waals surface area contributed by atoms with Crippen molar-refractivity contribution in [2.24, 2.45) is 5.73 Å². The number of nitrogens with zero attached hydrogens (tertiary/aromatic N) is 1. The molecule has 0 amide bonds. The van der Waals surface area contributed by atoms with E-state index in [4.69, 9.17) is 5.73 Å². The Morgan fingerprint density at radius 1 is 1.10 bits per heavy atom. The Bertz CT molecular complexity index is 564. The minimum atomic E-state index is 0.682. The van der Waals surface area contributed by atoms with Gasteiger partial charge in [-0.15, -0.1) is 0 Å². The van der Waals surface area contributed by atoms with Crippen LogP contribution in [0.2, 0.25) is 0 Å². The Balaban J connectivity index is 2.34. The van der Waals surface area contributed by atoms with Crippen molar-refractivity contribution in [2.75, 3.05) is 18.0 Å². The lowest BCUT2D eigenvalue weighted by Crippen LogP contribution is -2.16. The fourth-order valence-electron chi connectivity index (χ4n) is 2.31. The Hall–Kier alpha value is -1.32. The molecule has 0 unspecified atom stereocenters. The van der Waals surface area contributed by atoms with Crippen LogP contribution in [0.4, 0.5) is 11.4 Å². The van der Waals surface area contributed by atoms with Gasteiger partial charge in [0, 0.05) is 16.7 Å². The Labute approximate surface area is 129 Å². The average Bonchev–Trinajstić information content (AvgIpc) is 2.44. The van der Waals surface area contributed by atoms with Gasteiger partial charge >= 0.3 is 0 Å². The molecule has 2 aromatic carbocycles. The summed E-state index contributed by atoms with van der Waals surface area (Å²) in [7, 11) is 0. The van der Waals surface area contributed by atoms with E-state index in [0.717, 1.165) is 17.4 Å². The summed E-state index contributed by atoms with van der Waals surface area (Å²) in [6.07, 6.45) is 0.912. The third-order valence-electron chi connectivity index (χ3n) is 3.40. The average molecular weight is 333 g/mol. The van der Waals surface area contributed by atoms with Crippen LogP contribution in [0.3, 0.4) is 0 Å². The normalized spacial score (nSPS) is 10.6. The highest BCUT2D eigenvalue weighted by molar-refractivity contribution is 9.10. The van der Waals surface area contributed by atoms with Crippen molar-refractivity contribution in [1.29, 1.82) is 0 Å². The second-order valence-corrected chi connectivity index (χ2v) is 5.76. The molecule has 0 atom stereocenters. The van der Waals surface area contributed by atoms with Gasteiger partial charge in [0.05, 0.1) is 5.69 Å². The molecule has 2 N–H and O–H groups in total. The second kappa shape index (κ2) is 6.91. The number of benzene rings is 2. The van der Waals surface area contributed by atoms with Crippen molar-refractivity contribution >= 4 is 27.3 Å². The second-order valence-electron chi connectivity index (χ2n) is 4.90. The number of hydrogen-bond acceptors (Lipinski definition) is 2. The van der Waals surface area contributed by atoms with Crippen molar-refractivity contribution in [3.63, 3.8) is 0 Å². The van der Waals surface area contributed by atoms with Crippen molar-refractivity contribution < 1.29 is 0 Å². The Morgan fingerprint density at radius 3 is 2.35 bits per heavy atom. The van der Waals surface area contributed by atoms with Gasteiger partial charge in [0.2, 0.25) is 0 Å². The van der Waals surface area contributed by atoms with Gasteiger partial charge in [0.1, 0.15) is 0 Å². The smallest absolute Gasteiger partial charge is 0.0555 e. The van der Waals surface area contributed by atoms with E-state index in [2.05, 4.69) is 77.1 Å². The highest BCUT2D eigenvalue weighted by atomic mass is 79.9. The van der Waals surface area contributed by atoms with E-state index in [0.29, 0.717) is 6.54 Å². The zero-order chi connectivity index (χ0) is 14.5. The molecular formula is C17H21BrN2. The van der Waals surface area contributed by atoms with Crippen LogP contribution in [0.1, 0.15) is 18.1 Å². The van der Waals surface area contributed by atoms with E-state index in [1.807, 2.05) is 0 Å². The maximum Gasteiger partial charge on any atom is 0.0555 e. The lowest BCUT2D eigenvalue weighted by Gasteiger charge is -2.25. The van der Waals surface area contributed by atoms with Crippen molar-refractivity contribution in [3.8, 4) is 0 Å². The maximum atomic E-state index is 5.61. The predicted molar refractivity (Wildman–Crippen MR) is 90.8 cm³/mol. The molecule has 2 nitrogen and oxygen atoms in total. The van der Waals surface area contributed by atoms with Crippen molar-refractivity contribution in [2.45, 2.75) is 20.3 Å². The van der Waals surface area contributed by atoms with Crippen LogP contribution in [-0.2, 0) is 6.42 Å².